The van der Waals surface area contributed by atoms with Crippen molar-refractivity contribution in [3.05, 3.63) is 71.5 Å². The summed E-state index contributed by atoms with van der Waals surface area (Å²) in [5.41, 5.74) is 1.48. The normalized spacial score (nSPS) is 20.6. The first kappa shape index (κ1) is 19.1. The number of nitrogens with one attached hydrogen (secondary N) is 1. The fourth-order valence-electron chi connectivity index (χ4n) is 3.74. The third-order valence-electron chi connectivity index (χ3n) is 5.33. The van der Waals surface area contributed by atoms with Crippen LogP contribution in [-0.2, 0) is 16.0 Å². The van der Waals surface area contributed by atoms with Crippen LogP contribution in [0.25, 0.3) is 0 Å². The third-order valence-corrected chi connectivity index (χ3v) is 5.33. The lowest BCUT2D eigenvalue weighted by atomic mass is 9.81. The molecule has 1 aliphatic carbocycles. The van der Waals surface area contributed by atoms with Gasteiger partial charge in [-0.25, -0.2) is 4.39 Å². The second-order valence-corrected chi connectivity index (χ2v) is 7.16. The maximum absolute atomic E-state index is 14.4. The average molecular weight is 369 g/mol. The maximum Gasteiger partial charge on any atom is 0.306 e. The van der Waals surface area contributed by atoms with Gasteiger partial charge in [-0.3, -0.25) is 9.59 Å². The number of benzene rings is 2. The van der Waals surface area contributed by atoms with Crippen molar-refractivity contribution in [3.63, 3.8) is 0 Å². The van der Waals surface area contributed by atoms with E-state index in [0.717, 1.165) is 5.56 Å². The van der Waals surface area contributed by atoms with Gasteiger partial charge in [0, 0.05) is 11.5 Å². The summed E-state index contributed by atoms with van der Waals surface area (Å²) in [6.07, 6.45) is 2.63. The van der Waals surface area contributed by atoms with Gasteiger partial charge in [0.15, 0.2) is 0 Å². The molecule has 1 amide bonds. The first-order chi connectivity index (χ1) is 13.0. The fourth-order valence-corrected chi connectivity index (χ4v) is 3.74. The van der Waals surface area contributed by atoms with Crippen LogP contribution in [0, 0.1) is 17.7 Å². The molecule has 27 heavy (non-hydrogen) atoms. The number of carbonyl (C=O) groups excluding carboxylic acids is 1. The van der Waals surface area contributed by atoms with Crippen LogP contribution in [0.2, 0.25) is 0 Å². The lowest BCUT2D eigenvalue weighted by molar-refractivity contribution is -0.144. The van der Waals surface area contributed by atoms with E-state index < -0.39 is 12.0 Å². The predicted octanol–water partition coefficient (Wildman–Crippen LogP) is 4.12. The van der Waals surface area contributed by atoms with Crippen molar-refractivity contribution in [3.8, 4) is 0 Å². The molecule has 3 rings (SSSR count). The molecule has 0 saturated heterocycles. The summed E-state index contributed by atoms with van der Waals surface area (Å²) < 4.78 is 14.4. The molecule has 1 fully saturated rings. The largest absolute Gasteiger partial charge is 0.481 e. The molecule has 1 unspecified atom stereocenters. The van der Waals surface area contributed by atoms with Gasteiger partial charge in [-0.1, -0.05) is 48.5 Å². The van der Waals surface area contributed by atoms with Crippen LogP contribution in [0.15, 0.2) is 54.6 Å². The molecule has 2 aromatic carbocycles. The Labute approximate surface area is 158 Å². The summed E-state index contributed by atoms with van der Waals surface area (Å²) >= 11 is 0. The average Bonchev–Trinajstić information content (AvgIpc) is 2.68. The minimum Gasteiger partial charge on any atom is -0.481 e. The molecular weight excluding hydrogens is 345 g/mol. The molecule has 0 aromatic heterocycles. The zero-order valence-electron chi connectivity index (χ0n) is 15.1. The van der Waals surface area contributed by atoms with E-state index in [0.29, 0.717) is 37.7 Å². The molecule has 0 bridgehead atoms. The Kier molecular flexibility index (Phi) is 6.22. The number of hydrogen-bond acceptors (Lipinski definition) is 2. The monoisotopic (exact) mass is 369 g/mol. The summed E-state index contributed by atoms with van der Waals surface area (Å²) in [6.45, 7) is 0. The highest BCUT2D eigenvalue weighted by Crippen LogP contribution is 2.30. The van der Waals surface area contributed by atoms with E-state index in [2.05, 4.69) is 5.32 Å². The minimum atomic E-state index is -0.790. The smallest absolute Gasteiger partial charge is 0.306 e. The van der Waals surface area contributed by atoms with Gasteiger partial charge in [-0.15, -0.1) is 0 Å². The van der Waals surface area contributed by atoms with Crippen LogP contribution < -0.4 is 5.32 Å². The van der Waals surface area contributed by atoms with Crippen molar-refractivity contribution in [1.82, 2.24) is 5.32 Å². The topological polar surface area (TPSA) is 66.4 Å². The fraction of sp³-hybridized carbons (Fsp3) is 0.364. The number of rotatable bonds is 6. The summed E-state index contributed by atoms with van der Waals surface area (Å²) in [6, 6.07) is 15.7. The second-order valence-electron chi connectivity index (χ2n) is 7.16. The minimum absolute atomic E-state index is 0.122. The van der Waals surface area contributed by atoms with Crippen LogP contribution in [-0.4, -0.2) is 17.0 Å². The summed E-state index contributed by atoms with van der Waals surface area (Å²) in [7, 11) is 0. The van der Waals surface area contributed by atoms with E-state index in [1.165, 1.54) is 6.07 Å². The van der Waals surface area contributed by atoms with Crippen molar-refractivity contribution in [2.75, 3.05) is 0 Å². The highest BCUT2D eigenvalue weighted by atomic mass is 19.1. The standard InChI is InChI=1S/C22H24FNO3/c23-19-9-5-4-8-18(19)20(14-15-6-2-1-3-7-15)24-21(25)16-10-12-17(13-11-16)22(26)27/h1-9,16-17,20H,10-14H2,(H,24,25)(H,26,27). The van der Waals surface area contributed by atoms with Crippen LogP contribution in [0.3, 0.4) is 0 Å². The Balaban J connectivity index is 1.72. The Morgan fingerprint density at radius 3 is 2.19 bits per heavy atom. The third kappa shape index (κ3) is 4.94. The van der Waals surface area contributed by atoms with Gasteiger partial charge in [0.2, 0.25) is 5.91 Å². The highest BCUT2D eigenvalue weighted by Gasteiger charge is 2.31. The van der Waals surface area contributed by atoms with Gasteiger partial charge < -0.3 is 10.4 Å². The van der Waals surface area contributed by atoms with E-state index >= 15 is 0 Å². The van der Waals surface area contributed by atoms with E-state index in [-0.39, 0.29) is 23.6 Å². The van der Waals surface area contributed by atoms with E-state index in [1.54, 1.807) is 18.2 Å². The van der Waals surface area contributed by atoms with Crippen LogP contribution in [0.5, 0.6) is 0 Å². The van der Waals surface area contributed by atoms with Crippen molar-refractivity contribution in [1.29, 1.82) is 0 Å². The van der Waals surface area contributed by atoms with E-state index in [1.807, 2.05) is 30.3 Å². The molecule has 1 atom stereocenters. The molecule has 1 aliphatic rings. The van der Waals surface area contributed by atoms with Gasteiger partial charge in [-0.05, 0) is 43.7 Å². The number of halogens is 1. The van der Waals surface area contributed by atoms with Gasteiger partial charge in [0.25, 0.3) is 0 Å². The molecule has 2 aromatic rings. The zero-order chi connectivity index (χ0) is 19.2. The first-order valence-electron chi connectivity index (χ1n) is 9.36. The Morgan fingerprint density at radius 2 is 1.56 bits per heavy atom. The summed E-state index contributed by atoms with van der Waals surface area (Å²) in [5, 5.41) is 12.1. The van der Waals surface area contributed by atoms with Gasteiger partial charge in [-0.2, -0.15) is 0 Å². The predicted molar refractivity (Wildman–Crippen MR) is 101 cm³/mol. The molecule has 2 N–H and O–H groups in total. The molecule has 142 valence electrons. The Hall–Kier alpha value is -2.69. The Morgan fingerprint density at radius 1 is 0.963 bits per heavy atom. The van der Waals surface area contributed by atoms with Crippen molar-refractivity contribution in [2.24, 2.45) is 11.8 Å². The lowest BCUT2D eigenvalue weighted by Gasteiger charge is -2.28. The zero-order valence-corrected chi connectivity index (χ0v) is 15.1. The maximum atomic E-state index is 14.4. The molecule has 5 heteroatoms. The number of carboxylic acids is 1. The Bertz CT molecular complexity index is 785. The number of hydrogen-bond donors (Lipinski definition) is 2. The van der Waals surface area contributed by atoms with Gasteiger partial charge >= 0.3 is 5.97 Å². The molecule has 0 aliphatic heterocycles. The first-order valence-corrected chi connectivity index (χ1v) is 9.36. The number of aliphatic carboxylic acids is 1. The van der Waals surface area contributed by atoms with Gasteiger partial charge in [0.1, 0.15) is 5.82 Å². The second kappa shape index (κ2) is 8.80. The van der Waals surface area contributed by atoms with Crippen molar-refractivity contribution in [2.45, 2.75) is 38.1 Å². The quantitative estimate of drug-likeness (QED) is 0.805. The molecule has 4 nitrogen and oxygen atoms in total. The van der Waals surface area contributed by atoms with Crippen molar-refractivity contribution >= 4 is 11.9 Å². The van der Waals surface area contributed by atoms with E-state index in [4.69, 9.17) is 5.11 Å². The molecule has 0 radical (unpaired) electrons. The van der Waals surface area contributed by atoms with Gasteiger partial charge in [0.05, 0.1) is 12.0 Å². The summed E-state index contributed by atoms with van der Waals surface area (Å²) in [4.78, 5) is 23.9. The molecule has 0 spiro atoms. The SMILES string of the molecule is O=C(O)C1CCC(C(=O)NC(Cc2ccccc2)c2ccccc2F)CC1. The number of carboxylic acid groups (broad SMARTS) is 1. The van der Waals surface area contributed by atoms with Crippen molar-refractivity contribution < 1.29 is 19.1 Å². The van der Waals surface area contributed by atoms with Crippen LogP contribution in [0.4, 0.5) is 4.39 Å². The lowest BCUT2D eigenvalue weighted by Crippen LogP contribution is -2.37. The highest BCUT2D eigenvalue weighted by molar-refractivity contribution is 5.79. The summed E-state index contributed by atoms with van der Waals surface area (Å²) in [5.74, 6) is -1.83. The molecule has 0 heterocycles. The molecule has 1 saturated carbocycles. The number of carbonyl (C=O) groups is 2. The number of amides is 1. The van der Waals surface area contributed by atoms with Crippen LogP contribution >= 0.6 is 0 Å². The van der Waals surface area contributed by atoms with Crippen LogP contribution in [0.1, 0.15) is 42.9 Å². The van der Waals surface area contributed by atoms with E-state index in [9.17, 15) is 14.0 Å². The molecular formula is C22H24FNO3.